The number of ether oxygens (including phenoxy) is 1. The summed E-state index contributed by atoms with van der Waals surface area (Å²) in [5.41, 5.74) is 4.28. The highest BCUT2D eigenvalue weighted by Crippen LogP contribution is 2.25. The smallest absolute Gasteiger partial charge is 0.175 e. The van der Waals surface area contributed by atoms with Crippen molar-refractivity contribution in [1.29, 1.82) is 0 Å². The molecule has 0 aliphatic carbocycles. The number of thiocarbonyl (C=S) groups is 1. The first kappa shape index (κ1) is 15.3. The molecule has 110 valence electrons. The van der Waals surface area contributed by atoms with E-state index in [2.05, 4.69) is 23.6 Å². The molecule has 2 N–H and O–H groups in total. The van der Waals surface area contributed by atoms with E-state index in [0.717, 1.165) is 29.1 Å². The summed E-state index contributed by atoms with van der Waals surface area (Å²) in [7, 11) is 1.65. The maximum Gasteiger partial charge on any atom is 0.175 e. The number of para-hydroxylation sites is 1. The molecule has 0 aromatic heterocycles. The lowest BCUT2D eigenvalue weighted by Crippen LogP contribution is -2.20. The summed E-state index contributed by atoms with van der Waals surface area (Å²) >= 11 is 5.40. The first-order valence-electron chi connectivity index (χ1n) is 6.94. The van der Waals surface area contributed by atoms with Crippen LogP contribution in [0.1, 0.15) is 18.1 Å². The molecule has 0 aliphatic heterocycles. The van der Waals surface area contributed by atoms with Crippen molar-refractivity contribution in [3.8, 4) is 5.75 Å². The van der Waals surface area contributed by atoms with Crippen LogP contribution in [-0.2, 0) is 6.42 Å². The van der Waals surface area contributed by atoms with Gasteiger partial charge in [-0.2, -0.15) is 0 Å². The van der Waals surface area contributed by atoms with Crippen molar-refractivity contribution in [1.82, 2.24) is 0 Å². The fourth-order valence-electron chi connectivity index (χ4n) is 2.15. The fourth-order valence-corrected chi connectivity index (χ4v) is 2.37. The van der Waals surface area contributed by atoms with Crippen LogP contribution in [-0.4, -0.2) is 12.2 Å². The number of hydrogen-bond acceptors (Lipinski definition) is 2. The van der Waals surface area contributed by atoms with E-state index in [0.29, 0.717) is 5.11 Å². The lowest BCUT2D eigenvalue weighted by atomic mass is 10.1. The lowest BCUT2D eigenvalue weighted by molar-refractivity contribution is 0.417. The first-order chi connectivity index (χ1) is 10.1. The number of anilines is 2. The van der Waals surface area contributed by atoms with E-state index in [1.807, 2.05) is 43.3 Å². The van der Waals surface area contributed by atoms with E-state index < -0.39 is 0 Å². The number of rotatable bonds is 4. The number of benzene rings is 2. The van der Waals surface area contributed by atoms with Crippen LogP contribution in [0.3, 0.4) is 0 Å². The Morgan fingerprint density at radius 3 is 2.52 bits per heavy atom. The van der Waals surface area contributed by atoms with E-state index in [1.165, 1.54) is 5.56 Å². The summed E-state index contributed by atoms with van der Waals surface area (Å²) in [6.07, 6.45) is 0.958. The molecule has 4 heteroatoms. The maximum atomic E-state index is 5.40. The number of nitrogens with one attached hydrogen (secondary N) is 2. The van der Waals surface area contributed by atoms with Crippen LogP contribution in [0.5, 0.6) is 5.75 Å². The largest absolute Gasteiger partial charge is 0.495 e. The van der Waals surface area contributed by atoms with Gasteiger partial charge in [-0.25, -0.2) is 0 Å². The molecule has 2 aromatic rings. The number of aryl methyl sites for hydroxylation is 2. The van der Waals surface area contributed by atoms with Gasteiger partial charge < -0.3 is 15.4 Å². The Labute approximate surface area is 131 Å². The maximum absolute atomic E-state index is 5.40. The second kappa shape index (κ2) is 7.09. The van der Waals surface area contributed by atoms with Crippen molar-refractivity contribution in [2.24, 2.45) is 0 Å². The van der Waals surface area contributed by atoms with Gasteiger partial charge in [-0.1, -0.05) is 31.2 Å². The van der Waals surface area contributed by atoms with Crippen molar-refractivity contribution in [2.45, 2.75) is 20.3 Å². The molecule has 0 spiro atoms. The van der Waals surface area contributed by atoms with Gasteiger partial charge in [-0.15, -0.1) is 0 Å². The first-order valence-corrected chi connectivity index (χ1v) is 7.35. The van der Waals surface area contributed by atoms with E-state index in [1.54, 1.807) is 7.11 Å². The Bertz CT molecular complexity index is 640. The van der Waals surface area contributed by atoms with Gasteiger partial charge >= 0.3 is 0 Å². The van der Waals surface area contributed by atoms with Crippen LogP contribution in [0.25, 0.3) is 0 Å². The monoisotopic (exact) mass is 300 g/mol. The highest BCUT2D eigenvalue weighted by molar-refractivity contribution is 7.80. The summed E-state index contributed by atoms with van der Waals surface area (Å²) in [6.45, 7) is 4.16. The van der Waals surface area contributed by atoms with Gasteiger partial charge in [0.2, 0.25) is 0 Å². The topological polar surface area (TPSA) is 33.3 Å². The number of hydrogen-bond donors (Lipinski definition) is 2. The zero-order chi connectivity index (χ0) is 15.2. The van der Waals surface area contributed by atoms with Crippen LogP contribution in [0.2, 0.25) is 0 Å². The molecule has 0 heterocycles. The van der Waals surface area contributed by atoms with Gasteiger partial charge in [-0.3, -0.25) is 0 Å². The summed E-state index contributed by atoms with van der Waals surface area (Å²) in [5, 5.41) is 7.00. The third-order valence-electron chi connectivity index (χ3n) is 3.25. The molecule has 0 aliphatic rings. The van der Waals surface area contributed by atoms with Gasteiger partial charge in [0.25, 0.3) is 0 Å². The third kappa shape index (κ3) is 3.95. The summed E-state index contributed by atoms with van der Waals surface area (Å²) in [5.74, 6) is 0.772. The Hall–Kier alpha value is -2.07. The Balaban J connectivity index is 2.13. The Morgan fingerprint density at radius 2 is 1.81 bits per heavy atom. The Morgan fingerprint density at radius 1 is 1.10 bits per heavy atom. The van der Waals surface area contributed by atoms with E-state index in [4.69, 9.17) is 17.0 Å². The third-order valence-corrected chi connectivity index (χ3v) is 3.45. The molecular formula is C17H20N2OS. The van der Waals surface area contributed by atoms with Crippen LogP contribution < -0.4 is 15.4 Å². The molecule has 2 aromatic carbocycles. The molecule has 0 saturated heterocycles. The molecular weight excluding hydrogens is 280 g/mol. The predicted molar refractivity (Wildman–Crippen MR) is 93.4 cm³/mol. The normalized spacial score (nSPS) is 10.0. The van der Waals surface area contributed by atoms with Gasteiger partial charge in [0.15, 0.2) is 5.11 Å². The molecule has 0 fully saturated rings. The molecule has 2 rings (SSSR count). The average Bonchev–Trinajstić information content (AvgIpc) is 2.48. The molecule has 3 nitrogen and oxygen atoms in total. The van der Waals surface area contributed by atoms with E-state index in [9.17, 15) is 0 Å². The van der Waals surface area contributed by atoms with Gasteiger partial charge in [0, 0.05) is 5.69 Å². The highest BCUT2D eigenvalue weighted by Gasteiger charge is 2.07. The van der Waals surface area contributed by atoms with Gasteiger partial charge in [0.05, 0.1) is 12.8 Å². The molecule has 0 unspecified atom stereocenters. The fraction of sp³-hybridized carbons (Fsp3) is 0.235. The van der Waals surface area contributed by atoms with Crippen molar-refractivity contribution < 1.29 is 4.74 Å². The summed E-state index contributed by atoms with van der Waals surface area (Å²) in [6, 6.07) is 14.1. The molecule has 0 bridgehead atoms. The highest BCUT2D eigenvalue weighted by atomic mass is 32.1. The van der Waals surface area contributed by atoms with Crippen molar-refractivity contribution >= 4 is 28.7 Å². The molecule has 0 saturated carbocycles. The molecule has 0 radical (unpaired) electrons. The van der Waals surface area contributed by atoms with E-state index in [-0.39, 0.29) is 0 Å². The zero-order valence-electron chi connectivity index (χ0n) is 12.6. The van der Waals surface area contributed by atoms with Crippen molar-refractivity contribution in [2.75, 3.05) is 17.7 Å². The van der Waals surface area contributed by atoms with E-state index >= 15 is 0 Å². The van der Waals surface area contributed by atoms with Crippen molar-refractivity contribution in [3.05, 3.63) is 53.6 Å². The van der Waals surface area contributed by atoms with Crippen molar-refractivity contribution in [3.63, 3.8) is 0 Å². The second-order valence-corrected chi connectivity index (χ2v) is 5.20. The predicted octanol–water partition coefficient (Wildman–Crippen LogP) is 4.37. The van der Waals surface area contributed by atoms with Crippen LogP contribution in [0, 0.1) is 6.92 Å². The van der Waals surface area contributed by atoms with Gasteiger partial charge in [-0.05, 0) is 54.9 Å². The molecule has 0 atom stereocenters. The minimum absolute atomic E-state index is 0.555. The summed E-state index contributed by atoms with van der Waals surface area (Å²) in [4.78, 5) is 0. The quantitative estimate of drug-likeness (QED) is 0.821. The second-order valence-electron chi connectivity index (χ2n) is 4.79. The van der Waals surface area contributed by atoms with Gasteiger partial charge in [0.1, 0.15) is 5.75 Å². The van der Waals surface area contributed by atoms with Crippen LogP contribution >= 0.6 is 12.2 Å². The lowest BCUT2D eigenvalue weighted by Gasteiger charge is -2.15. The average molecular weight is 300 g/mol. The van der Waals surface area contributed by atoms with Crippen LogP contribution in [0.15, 0.2) is 42.5 Å². The Kier molecular flexibility index (Phi) is 5.17. The standard InChI is InChI=1S/C17H20N2OS/c1-4-13-7-5-6-8-14(13)18-17(21)19-15-11-12(2)9-10-16(15)20-3/h5-11H,4H2,1-3H3,(H2,18,19,21). The molecule has 0 amide bonds. The molecule has 21 heavy (non-hydrogen) atoms. The SMILES string of the molecule is CCc1ccccc1NC(=S)Nc1cc(C)ccc1OC. The zero-order valence-corrected chi connectivity index (χ0v) is 13.4. The summed E-state index contributed by atoms with van der Waals surface area (Å²) < 4.78 is 5.35. The number of methoxy groups -OCH3 is 1. The minimum Gasteiger partial charge on any atom is -0.495 e. The van der Waals surface area contributed by atoms with Crippen LogP contribution in [0.4, 0.5) is 11.4 Å². The minimum atomic E-state index is 0.555.